The van der Waals surface area contributed by atoms with Crippen molar-refractivity contribution in [1.82, 2.24) is 15.1 Å². The number of urea groups is 1. The van der Waals surface area contributed by atoms with Gasteiger partial charge in [-0.05, 0) is 40.0 Å². The fourth-order valence-corrected chi connectivity index (χ4v) is 5.25. The highest BCUT2D eigenvalue weighted by Crippen LogP contribution is 2.24. The summed E-state index contributed by atoms with van der Waals surface area (Å²) in [5.74, 6) is 0.192. The number of nitrogens with one attached hydrogen (secondary N) is 1. The first kappa shape index (κ1) is 19.0. The molecule has 1 atom stereocenters. The second-order valence-electron chi connectivity index (χ2n) is 7.05. The SMILES string of the molecule is CCN(C(=O)C1CCN(C(=O)NC(C)C)CC1)C1CCS(=O)(=O)C1. The van der Waals surface area contributed by atoms with Gasteiger partial charge in [0.25, 0.3) is 0 Å². The number of likely N-dealkylation sites (tertiary alicyclic amines) is 1. The normalized spacial score (nSPS) is 24.2. The number of hydrogen-bond acceptors (Lipinski definition) is 4. The van der Waals surface area contributed by atoms with Gasteiger partial charge in [-0.1, -0.05) is 0 Å². The van der Waals surface area contributed by atoms with Crippen molar-refractivity contribution in [3.05, 3.63) is 0 Å². The Hall–Kier alpha value is -1.31. The predicted octanol–water partition coefficient (Wildman–Crippen LogP) is 0.852. The van der Waals surface area contributed by atoms with Crippen molar-refractivity contribution < 1.29 is 18.0 Å². The predicted molar refractivity (Wildman–Crippen MR) is 92.4 cm³/mol. The Labute approximate surface area is 144 Å². The van der Waals surface area contributed by atoms with Gasteiger partial charge >= 0.3 is 6.03 Å². The molecule has 3 amide bonds. The lowest BCUT2D eigenvalue weighted by Gasteiger charge is -2.36. The van der Waals surface area contributed by atoms with E-state index in [4.69, 9.17) is 0 Å². The van der Waals surface area contributed by atoms with Crippen molar-refractivity contribution in [1.29, 1.82) is 0 Å². The maximum absolute atomic E-state index is 12.8. The van der Waals surface area contributed by atoms with Crippen LogP contribution in [-0.4, -0.2) is 73.4 Å². The molecule has 0 aromatic rings. The van der Waals surface area contributed by atoms with Crippen LogP contribution in [0.5, 0.6) is 0 Å². The monoisotopic (exact) mass is 359 g/mol. The molecule has 8 heteroatoms. The molecule has 0 saturated carbocycles. The van der Waals surface area contributed by atoms with E-state index in [0.717, 1.165) is 0 Å². The molecule has 0 aliphatic carbocycles. The lowest BCUT2D eigenvalue weighted by atomic mass is 9.94. The Morgan fingerprint density at radius 2 is 1.83 bits per heavy atom. The summed E-state index contributed by atoms with van der Waals surface area (Å²) in [5, 5.41) is 2.87. The van der Waals surface area contributed by atoms with Crippen molar-refractivity contribution >= 4 is 21.8 Å². The largest absolute Gasteiger partial charge is 0.339 e. The average molecular weight is 359 g/mol. The molecule has 0 aromatic carbocycles. The Bertz CT molecular complexity index is 568. The molecule has 0 aromatic heterocycles. The maximum atomic E-state index is 12.8. The van der Waals surface area contributed by atoms with Crippen LogP contribution in [0.15, 0.2) is 0 Å². The molecule has 7 nitrogen and oxygen atoms in total. The molecule has 1 N–H and O–H groups in total. The topological polar surface area (TPSA) is 86.8 Å². The number of sulfone groups is 1. The second-order valence-corrected chi connectivity index (χ2v) is 9.28. The number of carbonyl (C=O) groups is 2. The number of hydrogen-bond donors (Lipinski definition) is 1. The lowest BCUT2D eigenvalue weighted by molar-refractivity contribution is -0.138. The van der Waals surface area contributed by atoms with E-state index >= 15 is 0 Å². The fraction of sp³-hybridized carbons (Fsp3) is 0.875. The highest BCUT2D eigenvalue weighted by molar-refractivity contribution is 7.91. The Balaban J connectivity index is 1.90. The Kier molecular flexibility index (Phi) is 6.11. The molecule has 2 aliphatic heterocycles. The lowest BCUT2D eigenvalue weighted by Crippen LogP contribution is -2.50. The van der Waals surface area contributed by atoms with Crippen molar-refractivity contribution in [2.24, 2.45) is 5.92 Å². The zero-order chi connectivity index (χ0) is 17.9. The van der Waals surface area contributed by atoms with Crippen LogP contribution in [0.1, 0.15) is 40.0 Å². The highest BCUT2D eigenvalue weighted by atomic mass is 32.2. The first-order chi connectivity index (χ1) is 11.2. The minimum atomic E-state index is -3.00. The average Bonchev–Trinajstić information content (AvgIpc) is 2.87. The molecule has 2 rings (SSSR count). The van der Waals surface area contributed by atoms with Crippen LogP contribution in [0, 0.1) is 5.92 Å². The Morgan fingerprint density at radius 3 is 2.29 bits per heavy atom. The van der Waals surface area contributed by atoms with Gasteiger partial charge in [0.1, 0.15) is 0 Å². The van der Waals surface area contributed by atoms with E-state index in [2.05, 4.69) is 5.32 Å². The molecular formula is C16H29N3O4S. The van der Waals surface area contributed by atoms with Crippen LogP contribution in [-0.2, 0) is 14.6 Å². The minimum absolute atomic E-state index is 0.0449. The third-order valence-corrected chi connectivity index (χ3v) is 6.57. The van der Waals surface area contributed by atoms with Crippen LogP contribution >= 0.6 is 0 Å². The van der Waals surface area contributed by atoms with E-state index in [1.54, 1.807) is 9.80 Å². The van der Waals surface area contributed by atoms with Gasteiger partial charge in [-0.25, -0.2) is 13.2 Å². The van der Waals surface area contributed by atoms with Gasteiger partial charge in [0, 0.05) is 37.6 Å². The van der Waals surface area contributed by atoms with Crippen LogP contribution in [0.3, 0.4) is 0 Å². The molecule has 24 heavy (non-hydrogen) atoms. The molecule has 138 valence electrons. The first-order valence-electron chi connectivity index (χ1n) is 8.80. The minimum Gasteiger partial charge on any atom is -0.339 e. The molecule has 2 heterocycles. The van der Waals surface area contributed by atoms with Crippen molar-refractivity contribution in [2.75, 3.05) is 31.1 Å². The number of amides is 3. The molecule has 2 saturated heterocycles. The summed E-state index contributed by atoms with van der Waals surface area (Å²) in [5.41, 5.74) is 0. The smallest absolute Gasteiger partial charge is 0.317 e. The van der Waals surface area contributed by atoms with Crippen LogP contribution in [0.25, 0.3) is 0 Å². The number of carbonyl (C=O) groups excluding carboxylic acids is 2. The fourth-order valence-electron chi connectivity index (χ4n) is 3.52. The summed E-state index contributed by atoms with van der Waals surface area (Å²) in [6, 6.07) is -0.170. The zero-order valence-corrected chi connectivity index (χ0v) is 15.6. The number of nitrogens with zero attached hydrogens (tertiary/aromatic N) is 2. The van der Waals surface area contributed by atoms with E-state index < -0.39 is 9.84 Å². The van der Waals surface area contributed by atoms with Crippen molar-refractivity contribution in [2.45, 2.75) is 52.1 Å². The van der Waals surface area contributed by atoms with Crippen LogP contribution in [0.4, 0.5) is 4.79 Å². The Morgan fingerprint density at radius 1 is 1.21 bits per heavy atom. The van der Waals surface area contributed by atoms with Gasteiger partial charge in [0.2, 0.25) is 5.91 Å². The van der Waals surface area contributed by atoms with Crippen molar-refractivity contribution in [3.63, 3.8) is 0 Å². The quantitative estimate of drug-likeness (QED) is 0.806. The number of piperidine rings is 1. The summed E-state index contributed by atoms with van der Waals surface area (Å²) >= 11 is 0. The van der Waals surface area contributed by atoms with Crippen LogP contribution < -0.4 is 5.32 Å². The van der Waals surface area contributed by atoms with Gasteiger partial charge < -0.3 is 15.1 Å². The van der Waals surface area contributed by atoms with Gasteiger partial charge in [-0.2, -0.15) is 0 Å². The van der Waals surface area contributed by atoms with Gasteiger partial charge in [-0.3, -0.25) is 4.79 Å². The van der Waals surface area contributed by atoms with E-state index in [-0.39, 0.29) is 41.4 Å². The summed E-state index contributed by atoms with van der Waals surface area (Å²) in [6.45, 7) is 7.40. The van der Waals surface area contributed by atoms with E-state index in [1.165, 1.54) is 0 Å². The summed E-state index contributed by atoms with van der Waals surface area (Å²) < 4.78 is 23.4. The standard InChI is InChI=1S/C16H29N3O4S/c1-4-19(14-7-10-24(22,23)11-14)15(20)13-5-8-18(9-6-13)16(21)17-12(2)3/h12-14H,4-11H2,1-3H3,(H,17,21). The van der Waals surface area contributed by atoms with E-state index in [0.29, 0.717) is 38.9 Å². The number of rotatable bonds is 4. The molecule has 0 radical (unpaired) electrons. The summed E-state index contributed by atoms with van der Waals surface area (Å²) in [6.07, 6.45) is 1.82. The van der Waals surface area contributed by atoms with E-state index in [1.807, 2.05) is 20.8 Å². The van der Waals surface area contributed by atoms with Crippen molar-refractivity contribution in [3.8, 4) is 0 Å². The van der Waals surface area contributed by atoms with E-state index in [9.17, 15) is 18.0 Å². The molecule has 2 aliphatic rings. The van der Waals surface area contributed by atoms with Gasteiger partial charge in [0.05, 0.1) is 11.5 Å². The molecule has 0 spiro atoms. The third-order valence-electron chi connectivity index (χ3n) is 4.82. The van der Waals surface area contributed by atoms with Gasteiger partial charge in [-0.15, -0.1) is 0 Å². The van der Waals surface area contributed by atoms with Gasteiger partial charge in [0.15, 0.2) is 9.84 Å². The second kappa shape index (κ2) is 7.72. The highest BCUT2D eigenvalue weighted by Gasteiger charge is 2.37. The molecule has 1 unspecified atom stereocenters. The zero-order valence-electron chi connectivity index (χ0n) is 14.8. The molecule has 2 fully saturated rings. The molecular weight excluding hydrogens is 330 g/mol. The molecule has 0 bridgehead atoms. The van der Waals surface area contributed by atoms with Crippen LogP contribution in [0.2, 0.25) is 0 Å². The first-order valence-corrected chi connectivity index (χ1v) is 10.6. The third kappa shape index (κ3) is 4.62. The summed E-state index contributed by atoms with van der Waals surface area (Å²) in [7, 11) is -3.00. The maximum Gasteiger partial charge on any atom is 0.317 e. The summed E-state index contributed by atoms with van der Waals surface area (Å²) in [4.78, 5) is 28.3.